The lowest BCUT2D eigenvalue weighted by molar-refractivity contribution is -0.115. The lowest BCUT2D eigenvalue weighted by atomic mass is 10.1. The van der Waals surface area contributed by atoms with Crippen LogP contribution in [0, 0.1) is 13.8 Å². The number of amidine groups is 1. The Balaban J connectivity index is 1.84. The zero-order valence-corrected chi connectivity index (χ0v) is 15.3. The number of nitrogens with zero attached hydrogens (tertiary/aromatic N) is 2. The smallest absolute Gasteiger partial charge is 0.271 e. The third-order valence-electron chi connectivity index (χ3n) is 3.94. The van der Waals surface area contributed by atoms with Gasteiger partial charge in [0.25, 0.3) is 5.91 Å². The van der Waals surface area contributed by atoms with Gasteiger partial charge in [0.1, 0.15) is 0 Å². The van der Waals surface area contributed by atoms with Crippen LogP contribution >= 0.6 is 23.4 Å². The summed E-state index contributed by atoms with van der Waals surface area (Å²) in [5, 5.41) is 5.17. The summed E-state index contributed by atoms with van der Waals surface area (Å²) < 4.78 is 0. The van der Waals surface area contributed by atoms with Gasteiger partial charge in [-0.1, -0.05) is 35.5 Å². The van der Waals surface area contributed by atoms with Gasteiger partial charge in [-0.25, -0.2) is 5.43 Å². The van der Waals surface area contributed by atoms with Crippen molar-refractivity contribution in [2.45, 2.75) is 13.8 Å². The molecule has 0 unspecified atom stereocenters. The standard InChI is InChI=1S/C18H16ClN3O2S/c1-11-4-3-5-15(12(11)2)22-16(23)10-25-18(22)21-20-17(24)13-6-8-14(19)9-7-13/h3-9H,10H2,1-2H3,(H,20,24)/b21-18+. The van der Waals surface area contributed by atoms with E-state index >= 15 is 0 Å². The highest BCUT2D eigenvalue weighted by Crippen LogP contribution is 2.30. The highest BCUT2D eigenvalue weighted by molar-refractivity contribution is 8.15. The number of halogens is 1. The summed E-state index contributed by atoms with van der Waals surface area (Å²) in [6, 6.07) is 12.3. The van der Waals surface area contributed by atoms with Gasteiger partial charge >= 0.3 is 0 Å². The first-order valence-electron chi connectivity index (χ1n) is 7.63. The molecule has 128 valence electrons. The van der Waals surface area contributed by atoms with Crippen LogP contribution in [0.5, 0.6) is 0 Å². The molecular weight excluding hydrogens is 358 g/mol. The molecule has 7 heteroatoms. The highest BCUT2D eigenvalue weighted by atomic mass is 35.5. The Kier molecular flexibility index (Phi) is 5.11. The van der Waals surface area contributed by atoms with E-state index in [1.165, 1.54) is 11.8 Å². The summed E-state index contributed by atoms with van der Waals surface area (Å²) in [6.07, 6.45) is 0. The number of benzene rings is 2. The minimum Gasteiger partial charge on any atom is -0.273 e. The molecule has 0 aromatic heterocycles. The average Bonchev–Trinajstić information content (AvgIpc) is 2.96. The molecule has 1 N–H and O–H groups in total. The maximum Gasteiger partial charge on any atom is 0.271 e. The molecule has 25 heavy (non-hydrogen) atoms. The van der Waals surface area contributed by atoms with E-state index in [2.05, 4.69) is 10.5 Å². The van der Waals surface area contributed by atoms with E-state index in [1.807, 2.05) is 32.0 Å². The SMILES string of the molecule is Cc1cccc(N2C(=O)CS/C2=N/NC(=O)c2ccc(Cl)cc2)c1C. The van der Waals surface area contributed by atoms with Gasteiger partial charge in [0.05, 0.1) is 11.4 Å². The number of hydrazone groups is 1. The lowest BCUT2D eigenvalue weighted by Crippen LogP contribution is -2.32. The molecule has 0 spiro atoms. The van der Waals surface area contributed by atoms with E-state index in [9.17, 15) is 9.59 Å². The third kappa shape index (κ3) is 3.70. The van der Waals surface area contributed by atoms with Crippen LogP contribution in [0.2, 0.25) is 5.02 Å². The third-order valence-corrected chi connectivity index (χ3v) is 5.12. The van der Waals surface area contributed by atoms with E-state index in [4.69, 9.17) is 11.6 Å². The van der Waals surface area contributed by atoms with Crippen molar-refractivity contribution in [3.05, 3.63) is 64.2 Å². The highest BCUT2D eigenvalue weighted by Gasteiger charge is 2.31. The summed E-state index contributed by atoms with van der Waals surface area (Å²) in [5.41, 5.74) is 5.84. The second kappa shape index (κ2) is 7.29. The predicted molar refractivity (Wildman–Crippen MR) is 102 cm³/mol. The molecular formula is C18H16ClN3O2S. The van der Waals surface area contributed by atoms with Crippen molar-refractivity contribution in [3.8, 4) is 0 Å². The van der Waals surface area contributed by atoms with Crippen molar-refractivity contribution in [1.82, 2.24) is 5.43 Å². The Morgan fingerprint density at radius 3 is 2.64 bits per heavy atom. The maximum absolute atomic E-state index is 12.3. The van der Waals surface area contributed by atoms with Gasteiger partial charge in [0, 0.05) is 10.6 Å². The first-order chi connectivity index (χ1) is 12.0. The van der Waals surface area contributed by atoms with Gasteiger partial charge in [-0.05, 0) is 55.3 Å². The molecule has 0 saturated carbocycles. The number of rotatable bonds is 3. The molecule has 0 aliphatic carbocycles. The molecule has 2 aromatic rings. The van der Waals surface area contributed by atoms with Gasteiger partial charge in [-0.2, -0.15) is 0 Å². The molecule has 2 aromatic carbocycles. The molecule has 0 radical (unpaired) electrons. The first-order valence-corrected chi connectivity index (χ1v) is 8.99. The maximum atomic E-state index is 12.3. The quantitative estimate of drug-likeness (QED) is 0.834. The number of carbonyl (C=O) groups excluding carboxylic acids is 2. The topological polar surface area (TPSA) is 61.8 Å². The molecule has 1 aliphatic heterocycles. The fraction of sp³-hybridized carbons (Fsp3) is 0.167. The first kappa shape index (κ1) is 17.5. The molecule has 0 atom stereocenters. The van der Waals surface area contributed by atoms with Crippen LogP contribution in [-0.4, -0.2) is 22.7 Å². The number of aryl methyl sites for hydroxylation is 1. The molecule has 1 aliphatic rings. The minimum atomic E-state index is -0.356. The Labute approximate surface area is 155 Å². The molecule has 1 saturated heterocycles. The van der Waals surface area contributed by atoms with Crippen molar-refractivity contribution in [2.24, 2.45) is 5.10 Å². The molecule has 3 rings (SSSR count). The van der Waals surface area contributed by atoms with E-state index in [0.29, 0.717) is 21.5 Å². The van der Waals surface area contributed by atoms with Gasteiger partial charge in [0.2, 0.25) is 5.91 Å². The van der Waals surface area contributed by atoms with Crippen LogP contribution in [0.15, 0.2) is 47.6 Å². The monoisotopic (exact) mass is 373 g/mol. The summed E-state index contributed by atoms with van der Waals surface area (Å²) in [4.78, 5) is 26.0. The number of hydrogen-bond donors (Lipinski definition) is 1. The number of anilines is 1. The molecule has 5 nitrogen and oxygen atoms in total. The summed E-state index contributed by atoms with van der Waals surface area (Å²) >= 11 is 7.12. The van der Waals surface area contributed by atoms with Crippen molar-refractivity contribution < 1.29 is 9.59 Å². The average molecular weight is 374 g/mol. The predicted octanol–water partition coefficient (Wildman–Crippen LogP) is 3.74. The fourth-order valence-corrected chi connectivity index (χ4v) is 3.37. The molecule has 1 heterocycles. The fourth-order valence-electron chi connectivity index (χ4n) is 2.42. The summed E-state index contributed by atoms with van der Waals surface area (Å²) in [7, 11) is 0. The number of nitrogens with one attached hydrogen (secondary N) is 1. The van der Waals surface area contributed by atoms with E-state index in [1.54, 1.807) is 29.2 Å². The van der Waals surface area contributed by atoms with Crippen LogP contribution < -0.4 is 10.3 Å². The second-order valence-electron chi connectivity index (χ2n) is 5.58. The van der Waals surface area contributed by atoms with Crippen LogP contribution in [0.25, 0.3) is 0 Å². The van der Waals surface area contributed by atoms with Crippen molar-refractivity contribution in [1.29, 1.82) is 0 Å². The van der Waals surface area contributed by atoms with E-state index < -0.39 is 0 Å². The largest absolute Gasteiger partial charge is 0.273 e. The Hall–Kier alpha value is -2.31. The molecule has 2 amide bonds. The molecule has 1 fully saturated rings. The zero-order chi connectivity index (χ0) is 18.0. The number of carbonyl (C=O) groups is 2. The van der Waals surface area contributed by atoms with Gasteiger partial charge < -0.3 is 0 Å². The Morgan fingerprint density at radius 2 is 1.92 bits per heavy atom. The van der Waals surface area contributed by atoms with Crippen molar-refractivity contribution >= 4 is 46.0 Å². The number of hydrogen-bond acceptors (Lipinski definition) is 4. The second-order valence-corrected chi connectivity index (χ2v) is 6.96. The van der Waals surface area contributed by atoms with E-state index in [0.717, 1.165) is 16.8 Å². The van der Waals surface area contributed by atoms with Crippen LogP contribution in [-0.2, 0) is 4.79 Å². The molecule has 0 bridgehead atoms. The van der Waals surface area contributed by atoms with E-state index in [-0.39, 0.29) is 11.8 Å². The minimum absolute atomic E-state index is 0.0572. The van der Waals surface area contributed by atoms with Crippen molar-refractivity contribution in [3.63, 3.8) is 0 Å². The Bertz CT molecular complexity index is 865. The van der Waals surface area contributed by atoms with Crippen LogP contribution in [0.4, 0.5) is 5.69 Å². The van der Waals surface area contributed by atoms with Gasteiger partial charge in [-0.3, -0.25) is 14.5 Å². The normalized spacial score (nSPS) is 15.7. The number of amides is 2. The lowest BCUT2D eigenvalue weighted by Gasteiger charge is -2.19. The Morgan fingerprint density at radius 1 is 1.20 bits per heavy atom. The van der Waals surface area contributed by atoms with Crippen molar-refractivity contribution in [2.75, 3.05) is 10.7 Å². The van der Waals surface area contributed by atoms with Gasteiger partial charge in [0.15, 0.2) is 5.17 Å². The van der Waals surface area contributed by atoms with Crippen LogP contribution in [0.3, 0.4) is 0 Å². The van der Waals surface area contributed by atoms with Crippen LogP contribution in [0.1, 0.15) is 21.5 Å². The summed E-state index contributed by atoms with van der Waals surface area (Å²) in [6.45, 7) is 3.95. The number of thioether (sulfide) groups is 1. The van der Waals surface area contributed by atoms with Gasteiger partial charge in [-0.15, -0.1) is 5.10 Å². The summed E-state index contributed by atoms with van der Waals surface area (Å²) in [5.74, 6) is -0.119. The zero-order valence-electron chi connectivity index (χ0n) is 13.7.